The van der Waals surface area contributed by atoms with E-state index in [1.54, 1.807) is 0 Å². The predicted octanol–water partition coefficient (Wildman–Crippen LogP) is 3.90. The summed E-state index contributed by atoms with van der Waals surface area (Å²) >= 11 is 1.94. The number of nitrogens with one attached hydrogen (secondary N) is 1. The normalized spacial score (nSPS) is 16.1. The minimum Gasteiger partial charge on any atom is -0.370 e. The summed E-state index contributed by atoms with van der Waals surface area (Å²) in [5, 5.41) is 5.22. The van der Waals surface area contributed by atoms with Gasteiger partial charge in [-0.3, -0.25) is 0 Å². The van der Waals surface area contributed by atoms with Gasteiger partial charge >= 0.3 is 0 Å². The third-order valence-electron chi connectivity index (χ3n) is 3.17. The second-order valence-electron chi connectivity index (χ2n) is 4.81. The van der Waals surface area contributed by atoms with Gasteiger partial charge in [-0.15, -0.1) is 11.8 Å². The van der Waals surface area contributed by atoms with Crippen LogP contribution in [0.4, 0.5) is 5.82 Å². The van der Waals surface area contributed by atoms with Crippen LogP contribution in [0.5, 0.6) is 0 Å². The zero-order chi connectivity index (χ0) is 12.8. The lowest BCUT2D eigenvalue weighted by atomic mass is 10.3. The first-order valence-electron chi connectivity index (χ1n) is 7.10. The summed E-state index contributed by atoms with van der Waals surface area (Å²) in [5.74, 6) is 1.97. The Kier molecular flexibility index (Phi) is 5.29. The van der Waals surface area contributed by atoms with E-state index in [-0.39, 0.29) is 0 Å². The Morgan fingerprint density at radius 3 is 2.72 bits per heavy atom. The van der Waals surface area contributed by atoms with Gasteiger partial charge in [-0.25, -0.2) is 9.97 Å². The summed E-state index contributed by atoms with van der Waals surface area (Å²) in [5.41, 5.74) is 0. The number of hydrogen-bond donors (Lipinski definition) is 1. The van der Waals surface area contributed by atoms with Crippen molar-refractivity contribution in [3.05, 3.63) is 11.9 Å². The highest BCUT2D eigenvalue weighted by Crippen LogP contribution is 2.34. The fraction of sp³-hybridized carbons (Fsp3) is 0.714. The molecule has 1 heterocycles. The van der Waals surface area contributed by atoms with Crippen molar-refractivity contribution in [3.8, 4) is 0 Å². The van der Waals surface area contributed by atoms with Crippen LogP contribution < -0.4 is 5.32 Å². The smallest absolute Gasteiger partial charge is 0.132 e. The first-order valence-corrected chi connectivity index (χ1v) is 7.98. The lowest BCUT2D eigenvalue weighted by molar-refractivity contribution is 0.806. The number of thioether (sulfide) groups is 1. The van der Waals surface area contributed by atoms with E-state index >= 15 is 0 Å². The molecule has 0 saturated heterocycles. The van der Waals surface area contributed by atoms with Crippen molar-refractivity contribution in [2.45, 2.75) is 62.6 Å². The molecule has 100 valence electrons. The van der Waals surface area contributed by atoms with Crippen LogP contribution in [0.25, 0.3) is 0 Å². The largest absolute Gasteiger partial charge is 0.370 e. The van der Waals surface area contributed by atoms with Crippen LogP contribution in [0.15, 0.2) is 11.1 Å². The Balaban J connectivity index is 2.10. The maximum Gasteiger partial charge on any atom is 0.132 e. The molecule has 1 aromatic rings. The van der Waals surface area contributed by atoms with Crippen molar-refractivity contribution in [2.24, 2.45) is 0 Å². The molecule has 1 fully saturated rings. The number of nitrogens with zero attached hydrogens (tertiary/aromatic N) is 2. The second-order valence-corrected chi connectivity index (χ2v) is 6.13. The molecule has 0 aromatic carbocycles. The van der Waals surface area contributed by atoms with Gasteiger partial charge in [-0.05, 0) is 26.2 Å². The minimum absolute atomic E-state index is 0.767. The lowest BCUT2D eigenvalue weighted by Crippen LogP contribution is -2.05. The van der Waals surface area contributed by atoms with Gasteiger partial charge in [-0.2, -0.15) is 0 Å². The summed E-state index contributed by atoms with van der Waals surface area (Å²) in [7, 11) is 0. The zero-order valence-corrected chi connectivity index (χ0v) is 12.2. The minimum atomic E-state index is 0.767. The van der Waals surface area contributed by atoms with E-state index in [9.17, 15) is 0 Å². The topological polar surface area (TPSA) is 37.8 Å². The molecular weight excluding hydrogens is 242 g/mol. The van der Waals surface area contributed by atoms with Gasteiger partial charge in [0.25, 0.3) is 0 Å². The van der Waals surface area contributed by atoms with E-state index in [0.29, 0.717) is 0 Å². The molecule has 1 aliphatic carbocycles. The fourth-order valence-electron chi connectivity index (χ4n) is 2.32. The molecule has 0 radical (unpaired) electrons. The quantitative estimate of drug-likeness (QED) is 0.792. The van der Waals surface area contributed by atoms with Crippen molar-refractivity contribution < 1.29 is 0 Å². The molecule has 0 atom stereocenters. The van der Waals surface area contributed by atoms with E-state index in [1.807, 2.05) is 11.8 Å². The molecule has 0 spiro atoms. The van der Waals surface area contributed by atoms with Gasteiger partial charge in [0.05, 0.1) is 0 Å². The highest BCUT2D eigenvalue weighted by Gasteiger charge is 2.17. The second kappa shape index (κ2) is 6.98. The maximum atomic E-state index is 4.68. The van der Waals surface area contributed by atoms with Gasteiger partial charge in [0.15, 0.2) is 0 Å². The SMILES string of the molecule is CCCc1nc(NCC)cc(SC2CCCC2)n1. The van der Waals surface area contributed by atoms with E-state index in [0.717, 1.165) is 41.3 Å². The van der Waals surface area contributed by atoms with Crippen molar-refractivity contribution >= 4 is 17.6 Å². The van der Waals surface area contributed by atoms with Crippen molar-refractivity contribution in [1.29, 1.82) is 0 Å². The Morgan fingerprint density at radius 2 is 2.06 bits per heavy atom. The average Bonchev–Trinajstić information content (AvgIpc) is 2.82. The Bertz CT molecular complexity index is 351. The van der Waals surface area contributed by atoms with Crippen LogP contribution in [0, 0.1) is 0 Å². The zero-order valence-electron chi connectivity index (χ0n) is 11.4. The van der Waals surface area contributed by atoms with Crippen LogP contribution in [0.2, 0.25) is 0 Å². The molecule has 1 aromatic heterocycles. The van der Waals surface area contributed by atoms with Crippen LogP contribution in [0.3, 0.4) is 0 Å². The third kappa shape index (κ3) is 3.87. The highest BCUT2D eigenvalue weighted by molar-refractivity contribution is 7.99. The Morgan fingerprint density at radius 1 is 1.28 bits per heavy atom. The summed E-state index contributed by atoms with van der Waals surface area (Å²) in [6.45, 7) is 5.19. The summed E-state index contributed by atoms with van der Waals surface area (Å²) in [4.78, 5) is 9.23. The Hall–Kier alpha value is -0.770. The summed E-state index contributed by atoms with van der Waals surface area (Å²) < 4.78 is 0. The number of hydrogen-bond acceptors (Lipinski definition) is 4. The molecule has 4 heteroatoms. The highest BCUT2D eigenvalue weighted by atomic mass is 32.2. The average molecular weight is 265 g/mol. The number of aryl methyl sites for hydroxylation is 1. The van der Waals surface area contributed by atoms with Crippen LogP contribution in [-0.4, -0.2) is 21.8 Å². The predicted molar refractivity (Wildman–Crippen MR) is 78.3 cm³/mol. The Labute approximate surface area is 114 Å². The lowest BCUT2D eigenvalue weighted by Gasteiger charge is -2.11. The standard InChI is InChI=1S/C14H23N3S/c1-3-7-12-16-13(15-4-2)10-14(17-12)18-11-8-5-6-9-11/h10-11H,3-9H2,1-2H3,(H,15,16,17). The molecule has 0 bridgehead atoms. The van der Waals surface area contributed by atoms with Crippen molar-refractivity contribution in [3.63, 3.8) is 0 Å². The van der Waals surface area contributed by atoms with Gasteiger partial charge in [0.1, 0.15) is 16.7 Å². The monoisotopic (exact) mass is 265 g/mol. The third-order valence-corrected chi connectivity index (χ3v) is 4.43. The van der Waals surface area contributed by atoms with E-state index in [1.165, 1.54) is 25.7 Å². The van der Waals surface area contributed by atoms with Gasteiger partial charge < -0.3 is 5.32 Å². The first-order chi connectivity index (χ1) is 8.81. The van der Waals surface area contributed by atoms with Gasteiger partial charge in [0, 0.05) is 24.3 Å². The molecule has 0 amide bonds. The van der Waals surface area contributed by atoms with Crippen molar-refractivity contribution in [2.75, 3.05) is 11.9 Å². The number of aromatic nitrogens is 2. The number of rotatable bonds is 6. The first kappa shape index (κ1) is 13.7. The van der Waals surface area contributed by atoms with Gasteiger partial charge in [0.2, 0.25) is 0 Å². The fourth-order valence-corrected chi connectivity index (χ4v) is 3.57. The molecule has 1 aliphatic rings. The number of anilines is 1. The van der Waals surface area contributed by atoms with E-state index < -0.39 is 0 Å². The molecule has 18 heavy (non-hydrogen) atoms. The van der Waals surface area contributed by atoms with Crippen LogP contribution in [0.1, 0.15) is 51.8 Å². The van der Waals surface area contributed by atoms with Crippen LogP contribution >= 0.6 is 11.8 Å². The van der Waals surface area contributed by atoms with E-state index in [4.69, 9.17) is 0 Å². The van der Waals surface area contributed by atoms with Gasteiger partial charge in [-0.1, -0.05) is 19.8 Å². The van der Waals surface area contributed by atoms with E-state index in [2.05, 4.69) is 35.2 Å². The molecule has 3 nitrogen and oxygen atoms in total. The molecule has 2 rings (SSSR count). The molecule has 0 unspecified atom stereocenters. The van der Waals surface area contributed by atoms with Crippen LogP contribution in [-0.2, 0) is 6.42 Å². The maximum absolute atomic E-state index is 4.68. The molecular formula is C14H23N3S. The van der Waals surface area contributed by atoms with Crippen molar-refractivity contribution in [1.82, 2.24) is 9.97 Å². The molecule has 1 N–H and O–H groups in total. The summed E-state index contributed by atoms with van der Waals surface area (Å²) in [6, 6.07) is 2.10. The summed E-state index contributed by atoms with van der Waals surface area (Å²) in [6.07, 6.45) is 7.51. The molecule has 0 aliphatic heterocycles. The molecule has 1 saturated carbocycles.